The predicted molar refractivity (Wildman–Crippen MR) is 141 cm³/mol. The number of fused-ring (bicyclic) bond motifs is 1. The molecule has 1 saturated carbocycles. The quantitative estimate of drug-likeness (QED) is 0.507. The maximum absolute atomic E-state index is 13.7. The molecule has 0 unspecified atom stereocenters. The Kier molecular flexibility index (Phi) is 8.58. The average Bonchev–Trinajstić information content (AvgIpc) is 3.43. The molecule has 9 nitrogen and oxygen atoms in total. The third-order valence-corrected chi connectivity index (χ3v) is 8.60. The number of carbonyl (C=O) groups excluding carboxylic acids is 2. The summed E-state index contributed by atoms with van der Waals surface area (Å²) < 4.78 is 38.5. The number of carbonyl (C=O) groups is 2. The number of benzene rings is 2. The van der Waals surface area contributed by atoms with Crippen LogP contribution in [0, 0.1) is 0 Å². The molecule has 1 aliphatic carbocycles. The summed E-state index contributed by atoms with van der Waals surface area (Å²) in [5.41, 5.74) is 1.16. The van der Waals surface area contributed by atoms with Gasteiger partial charge in [-0.25, -0.2) is 8.42 Å². The molecule has 200 valence electrons. The Balaban J connectivity index is 1.61. The van der Waals surface area contributed by atoms with Gasteiger partial charge in [-0.3, -0.25) is 13.9 Å². The number of nitrogens with zero attached hydrogens (tertiary/aromatic N) is 2. The first-order valence-corrected chi connectivity index (χ1v) is 14.4. The summed E-state index contributed by atoms with van der Waals surface area (Å²) in [5, 5.41) is 3.07. The Hall–Kier alpha value is -3.27. The number of hydrogen-bond donors (Lipinski definition) is 1. The monoisotopic (exact) mass is 529 g/mol. The summed E-state index contributed by atoms with van der Waals surface area (Å²) in [7, 11) is -3.82. The van der Waals surface area contributed by atoms with Gasteiger partial charge in [0.2, 0.25) is 21.8 Å². The third-order valence-electron chi connectivity index (χ3n) is 6.86. The van der Waals surface area contributed by atoms with Gasteiger partial charge < -0.3 is 19.7 Å². The summed E-state index contributed by atoms with van der Waals surface area (Å²) in [6, 6.07) is 13.5. The topological polar surface area (TPSA) is 105 Å². The molecule has 1 fully saturated rings. The predicted octanol–water partition coefficient (Wildman–Crippen LogP) is 3.09. The Bertz CT molecular complexity index is 1200. The van der Waals surface area contributed by atoms with Crippen molar-refractivity contribution in [2.45, 2.75) is 58.2 Å². The minimum Gasteiger partial charge on any atom is -0.486 e. The Morgan fingerprint density at radius 3 is 2.38 bits per heavy atom. The van der Waals surface area contributed by atoms with Crippen LogP contribution in [0.3, 0.4) is 0 Å². The van der Waals surface area contributed by atoms with Gasteiger partial charge in [-0.2, -0.15) is 0 Å². The van der Waals surface area contributed by atoms with E-state index in [1.807, 2.05) is 30.3 Å². The fourth-order valence-electron chi connectivity index (χ4n) is 4.66. The van der Waals surface area contributed by atoms with E-state index >= 15 is 0 Å². The van der Waals surface area contributed by atoms with E-state index in [1.165, 1.54) is 11.8 Å². The Morgan fingerprint density at radius 1 is 1.03 bits per heavy atom. The van der Waals surface area contributed by atoms with Crippen LogP contribution in [-0.2, 0) is 26.2 Å². The number of amides is 2. The lowest BCUT2D eigenvalue weighted by Gasteiger charge is -2.32. The summed E-state index contributed by atoms with van der Waals surface area (Å²) in [6.45, 7) is 3.73. The van der Waals surface area contributed by atoms with E-state index in [9.17, 15) is 18.0 Å². The van der Waals surface area contributed by atoms with Crippen molar-refractivity contribution in [3.63, 3.8) is 0 Å². The van der Waals surface area contributed by atoms with E-state index in [2.05, 4.69) is 5.32 Å². The Morgan fingerprint density at radius 2 is 1.70 bits per heavy atom. The van der Waals surface area contributed by atoms with Gasteiger partial charge in [0, 0.05) is 18.7 Å². The van der Waals surface area contributed by atoms with Crippen molar-refractivity contribution >= 4 is 27.5 Å². The number of ether oxygens (including phenoxy) is 2. The van der Waals surface area contributed by atoms with Crippen molar-refractivity contribution in [3.05, 3.63) is 54.1 Å². The number of sulfonamides is 1. The molecule has 0 bridgehead atoms. The summed E-state index contributed by atoms with van der Waals surface area (Å²) in [6.07, 6.45) is 4.01. The number of anilines is 1. The van der Waals surface area contributed by atoms with Crippen LogP contribution in [-0.4, -0.2) is 62.7 Å². The molecule has 4 rings (SSSR count). The van der Waals surface area contributed by atoms with Gasteiger partial charge in [-0.1, -0.05) is 43.2 Å². The molecular formula is C27H35N3O6S. The first-order chi connectivity index (χ1) is 17.8. The average molecular weight is 530 g/mol. The molecule has 1 heterocycles. The minimum atomic E-state index is -3.82. The highest BCUT2D eigenvalue weighted by molar-refractivity contribution is 7.92. The van der Waals surface area contributed by atoms with Gasteiger partial charge in [0.1, 0.15) is 25.8 Å². The highest BCUT2D eigenvalue weighted by atomic mass is 32.2. The lowest BCUT2D eigenvalue weighted by Crippen LogP contribution is -2.52. The lowest BCUT2D eigenvalue weighted by atomic mass is 10.1. The fourth-order valence-corrected chi connectivity index (χ4v) is 5.72. The van der Waals surface area contributed by atoms with Crippen molar-refractivity contribution in [2.24, 2.45) is 0 Å². The maximum Gasteiger partial charge on any atom is 0.244 e. The molecule has 0 spiro atoms. The first-order valence-electron chi connectivity index (χ1n) is 12.8. The normalized spacial score (nSPS) is 16.2. The molecular weight excluding hydrogens is 494 g/mol. The lowest BCUT2D eigenvalue weighted by molar-refractivity contribution is -0.139. The molecule has 2 amide bonds. The van der Waals surface area contributed by atoms with Crippen LogP contribution in [0.5, 0.6) is 11.5 Å². The van der Waals surface area contributed by atoms with Crippen molar-refractivity contribution in [3.8, 4) is 11.5 Å². The molecule has 0 radical (unpaired) electrons. The van der Waals surface area contributed by atoms with E-state index in [1.54, 1.807) is 25.1 Å². The van der Waals surface area contributed by atoms with E-state index in [-0.39, 0.29) is 24.2 Å². The first kappa shape index (κ1) is 26.8. The largest absolute Gasteiger partial charge is 0.486 e. The highest BCUT2D eigenvalue weighted by Crippen LogP contribution is 2.35. The molecule has 1 N–H and O–H groups in total. The molecule has 2 aromatic rings. The van der Waals surface area contributed by atoms with Gasteiger partial charge >= 0.3 is 0 Å². The van der Waals surface area contributed by atoms with Gasteiger partial charge in [-0.15, -0.1) is 0 Å². The van der Waals surface area contributed by atoms with Crippen molar-refractivity contribution in [1.82, 2.24) is 10.2 Å². The van der Waals surface area contributed by atoms with E-state index in [0.717, 1.165) is 35.6 Å². The van der Waals surface area contributed by atoms with E-state index < -0.39 is 28.5 Å². The molecule has 1 aliphatic heterocycles. The van der Waals surface area contributed by atoms with Crippen LogP contribution in [0.15, 0.2) is 48.5 Å². The van der Waals surface area contributed by atoms with Gasteiger partial charge in [-0.05, 0) is 44.4 Å². The summed E-state index contributed by atoms with van der Waals surface area (Å²) in [5.74, 6) is 0.0618. The van der Waals surface area contributed by atoms with Crippen molar-refractivity contribution in [1.29, 1.82) is 0 Å². The standard InChI is InChI=1S/C27H35N3O6S/c1-3-37(33,34)30(23-13-14-24-25(17-23)36-16-15-35-24)19-26(31)29(18-21-9-5-4-6-10-21)20(2)27(32)28-22-11-7-8-12-22/h4-6,9-10,13-14,17,20,22H,3,7-8,11-12,15-16,18-19H2,1-2H3,(H,28,32)/t20-/m1/s1. The van der Waals surface area contributed by atoms with Gasteiger partial charge in [0.25, 0.3) is 0 Å². The second kappa shape index (κ2) is 11.9. The summed E-state index contributed by atoms with van der Waals surface area (Å²) in [4.78, 5) is 28.3. The molecule has 0 aromatic heterocycles. The SMILES string of the molecule is CCS(=O)(=O)N(CC(=O)N(Cc1ccccc1)[C@H](C)C(=O)NC1CCCC1)c1ccc2c(c1)OCCO2. The highest BCUT2D eigenvalue weighted by Gasteiger charge is 2.32. The number of hydrogen-bond acceptors (Lipinski definition) is 6. The zero-order valence-corrected chi connectivity index (χ0v) is 22.2. The molecule has 2 aliphatic rings. The fraction of sp³-hybridized carbons (Fsp3) is 0.481. The summed E-state index contributed by atoms with van der Waals surface area (Å²) >= 11 is 0. The van der Waals surface area contributed by atoms with Crippen LogP contribution in [0.1, 0.15) is 45.1 Å². The molecule has 37 heavy (non-hydrogen) atoms. The van der Waals surface area contributed by atoms with Gasteiger partial charge in [0.05, 0.1) is 11.4 Å². The minimum absolute atomic E-state index is 0.110. The van der Waals surface area contributed by atoms with E-state index in [0.29, 0.717) is 30.4 Å². The van der Waals surface area contributed by atoms with Crippen LogP contribution in [0.4, 0.5) is 5.69 Å². The van der Waals surface area contributed by atoms with Crippen molar-refractivity contribution in [2.75, 3.05) is 29.8 Å². The third kappa shape index (κ3) is 6.54. The zero-order valence-electron chi connectivity index (χ0n) is 21.4. The van der Waals surface area contributed by atoms with Crippen LogP contribution in [0.25, 0.3) is 0 Å². The maximum atomic E-state index is 13.7. The van der Waals surface area contributed by atoms with Crippen molar-refractivity contribution < 1.29 is 27.5 Å². The second-order valence-corrected chi connectivity index (χ2v) is 11.6. The van der Waals surface area contributed by atoms with E-state index in [4.69, 9.17) is 9.47 Å². The molecule has 0 saturated heterocycles. The zero-order chi connectivity index (χ0) is 26.4. The number of nitrogens with one attached hydrogen (secondary N) is 1. The second-order valence-electron chi connectivity index (χ2n) is 9.41. The van der Waals surface area contributed by atoms with Crippen LogP contribution in [0.2, 0.25) is 0 Å². The smallest absolute Gasteiger partial charge is 0.244 e. The van der Waals surface area contributed by atoms with Crippen LogP contribution < -0.4 is 19.1 Å². The number of rotatable bonds is 10. The molecule has 10 heteroatoms. The van der Waals surface area contributed by atoms with Gasteiger partial charge in [0.15, 0.2) is 11.5 Å². The molecule has 1 atom stereocenters. The Labute approximate surface area is 218 Å². The molecule has 2 aromatic carbocycles. The van der Waals surface area contributed by atoms with Crippen LogP contribution >= 0.6 is 0 Å².